The monoisotopic (exact) mass is 393 g/mol. The molecule has 2 aromatic carbocycles. The molecule has 0 radical (unpaired) electrons. The third-order valence-electron chi connectivity index (χ3n) is 3.91. The van der Waals surface area contributed by atoms with Crippen LogP contribution in [0.5, 0.6) is 5.75 Å². The first-order valence-corrected chi connectivity index (χ1v) is 8.34. The molecule has 0 aliphatic rings. The Morgan fingerprint density at radius 1 is 1.08 bits per heavy atom. The van der Waals surface area contributed by atoms with Gasteiger partial charge >= 0.3 is 0 Å². The largest absolute Gasteiger partial charge is 1.00 e. The lowest BCUT2D eigenvalue weighted by Gasteiger charge is -2.08. The lowest BCUT2D eigenvalue weighted by molar-refractivity contribution is -0.118. The van der Waals surface area contributed by atoms with Crippen LogP contribution in [-0.2, 0) is 17.9 Å². The number of ether oxygens (including phenoxy) is 1. The summed E-state index contributed by atoms with van der Waals surface area (Å²) in [7, 11) is 0. The minimum Gasteiger partial charge on any atom is -1.00 e. The van der Waals surface area contributed by atoms with Crippen molar-refractivity contribution in [2.45, 2.75) is 19.5 Å². The zero-order valence-corrected chi connectivity index (χ0v) is 15.5. The number of halogens is 2. The molecule has 0 saturated heterocycles. The first-order chi connectivity index (χ1) is 12.1. The zero-order valence-electron chi connectivity index (χ0n) is 14.0. The molecular weight excluding hydrogens is 375 g/mol. The molecular formula is C18H19Cl2N4O2-. The first-order valence-electron chi connectivity index (χ1n) is 7.96. The van der Waals surface area contributed by atoms with E-state index in [4.69, 9.17) is 27.5 Å². The number of imidazole rings is 1. The summed E-state index contributed by atoms with van der Waals surface area (Å²) in [6.45, 7) is 1.06. The van der Waals surface area contributed by atoms with Crippen LogP contribution in [0.4, 0.5) is 0 Å². The number of para-hydroxylation sites is 3. The van der Waals surface area contributed by atoms with Crippen molar-refractivity contribution in [1.82, 2.24) is 9.13 Å². The molecule has 138 valence electrons. The van der Waals surface area contributed by atoms with E-state index in [1.807, 2.05) is 47.0 Å². The Kier molecular flexibility index (Phi) is 6.71. The van der Waals surface area contributed by atoms with Gasteiger partial charge in [0.25, 0.3) is 0 Å². The molecule has 1 aromatic heterocycles. The van der Waals surface area contributed by atoms with Gasteiger partial charge in [-0.05, 0) is 30.7 Å². The molecule has 3 aromatic rings. The molecule has 8 heteroatoms. The second-order valence-corrected chi connectivity index (χ2v) is 6.06. The standard InChI is InChI=1S/C18H19ClN4O2.ClH/c19-13-6-1-4-9-16(13)25-11-5-10-22-14-7-2-3-8-15(14)23(18(22)21)12-17(20)24;/h1-4,6-9,21H,5,10-12H2,(H2,20,24);1H/p-1. The van der Waals surface area contributed by atoms with Crippen LogP contribution in [0.2, 0.25) is 5.02 Å². The highest BCUT2D eigenvalue weighted by Gasteiger charge is 2.11. The smallest absolute Gasteiger partial charge is 0.237 e. The quantitative estimate of drug-likeness (QED) is 0.532. The minimum atomic E-state index is -0.469. The SMILES string of the molecule is N=c1n(CCCOc2ccccc2Cl)c2ccccc2n1CC(N)=O.[Cl-]. The molecule has 26 heavy (non-hydrogen) atoms. The summed E-state index contributed by atoms with van der Waals surface area (Å²) in [5.41, 5.74) is 7.27. The van der Waals surface area contributed by atoms with Crippen LogP contribution in [-0.4, -0.2) is 21.6 Å². The number of rotatable bonds is 7. The summed E-state index contributed by atoms with van der Waals surface area (Å²) in [5.74, 6) is 0.180. The number of benzene rings is 2. The zero-order chi connectivity index (χ0) is 17.8. The van der Waals surface area contributed by atoms with Gasteiger partial charge in [0.15, 0.2) is 0 Å². The summed E-state index contributed by atoms with van der Waals surface area (Å²) in [5, 5.41) is 8.94. The fourth-order valence-electron chi connectivity index (χ4n) is 2.80. The second kappa shape index (κ2) is 8.78. The molecule has 0 fully saturated rings. The van der Waals surface area contributed by atoms with Gasteiger partial charge in [0.1, 0.15) is 12.3 Å². The number of hydrogen-bond acceptors (Lipinski definition) is 3. The Balaban J connectivity index is 0.00000243. The average molecular weight is 394 g/mol. The summed E-state index contributed by atoms with van der Waals surface area (Å²) in [6, 6.07) is 14.9. The Bertz CT molecular complexity index is 965. The number of hydrogen-bond donors (Lipinski definition) is 2. The third kappa shape index (κ3) is 4.20. The topological polar surface area (TPSA) is 86.0 Å². The number of nitrogens with zero attached hydrogens (tertiary/aromatic N) is 2. The highest BCUT2D eigenvalue weighted by Crippen LogP contribution is 2.23. The molecule has 0 aliphatic heterocycles. The molecule has 0 unspecified atom stereocenters. The van der Waals surface area contributed by atoms with Crippen molar-refractivity contribution in [2.24, 2.45) is 5.73 Å². The summed E-state index contributed by atoms with van der Waals surface area (Å²) in [6.07, 6.45) is 0.701. The maximum absolute atomic E-state index is 11.3. The van der Waals surface area contributed by atoms with Gasteiger partial charge in [0.2, 0.25) is 11.5 Å². The van der Waals surface area contributed by atoms with Crippen LogP contribution in [0, 0.1) is 5.41 Å². The van der Waals surface area contributed by atoms with Crippen molar-refractivity contribution in [3.05, 3.63) is 59.2 Å². The van der Waals surface area contributed by atoms with Crippen molar-refractivity contribution in [3.8, 4) is 5.75 Å². The number of nitrogens with one attached hydrogen (secondary N) is 1. The highest BCUT2D eigenvalue weighted by atomic mass is 35.5. The Labute approximate surface area is 162 Å². The number of aromatic nitrogens is 2. The van der Waals surface area contributed by atoms with Gasteiger partial charge in [0, 0.05) is 6.54 Å². The van der Waals surface area contributed by atoms with Gasteiger partial charge in [0.05, 0.1) is 22.7 Å². The van der Waals surface area contributed by atoms with Crippen LogP contribution < -0.4 is 28.5 Å². The number of nitrogens with two attached hydrogens (primary N) is 1. The maximum atomic E-state index is 11.3. The fourth-order valence-corrected chi connectivity index (χ4v) is 2.99. The Morgan fingerprint density at radius 2 is 1.69 bits per heavy atom. The first kappa shape index (κ1) is 19.9. The molecule has 1 amide bonds. The fraction of sp³-hybridized carbons (Fsp3) is 0.222. The van der Waals surface area contributed by atoms with E-state index in [1.54, 1.807) is 10.6 Å². The molecule has 6 nitrogen and oxygen atoms in total. The third-order valence-corrected chi connectivity index (χ3v) is 4.22. The Hall–Kier alpha value is -2.44. The van der Waals surface area contributed by atoms with Crippen LogP contribution in [0.15, 0.2) is 48.5 Å². The van der Waals surface area contributed by atoms with E-state index in [9.17, 15) is 4.79 Å². The summed E-state index contributed by atoms with van der Waals surface area (Å²) in [4.78, 5) is 11.3. The second-order valence-electron chi connectivity index (χ2n) is 5.65. The van der Waals surface area contributed by atoms with Gasteiger partial charge in [-0.3, -0.25) is 10.2 Å². The van der Waals surface area contributed by atoms with Crippen molar-refractivity contribution in [2.75, 3.05) is 6.61 Å². The predicted octanol–water partition coefficient (Wildman–Crippen LogP) is -0.466. The molecule has 0 bridgehead atoms. The van der Waals surface area contributed by atoms with Crippen molar-refractivity contribution in [1.29, 1.82) is 5.41 Å². The lowest BCUT2D eigenvalue weighted by atomic mass is 10.3. The van der Waals surface area contributed by atoms with Crippen molar-refractivity contribution >= 4 is 28.5 Å². The van der Waals surface area contributed by atoms with E-state index in [1.165, 1.54) is 0 Å². The van der Waals surface area contributed by atoms with Gasteiger partial charge in [-0.25, -0.2) is 0 Å². The van der Waals surface area contributed by atoms with Crippen LogP contribution in [0.1, 0.15) is 6.42 Å². The molecule has 0 saturated carbocycles. The number of primary amides is 1. The molecule has 3 rings (SSSR count). The van der Waals surface area contributed by atoms with E-state index in [0.717, 1.165) is 11.0 Å². The maximum Gasteiger partial charge on any atom is 0.237 e. The van der Waals surface area contributed by atoms with Gasteiger partial charge in [-0.1, -0.05) is 35.9 Å². The summed E-state index contributed by atoms with van der Waals surface area (Å²) >= 11 is 6.07. The molecule has 3 N–H and O–H groups in total. The van der Waals surface area contributed by atoms with Crippen molar-refractivity contribution < 1.29 is 21.9 Å². The van der Waals surface area contributed by atoms with E-state index < -0.39 is 5.91 Å². The highest BCUT2D eigenvalue weighted by molar-refractivity contribution is 6.32. The molecule has 0 spiro atoms. The minimum absolute atomic E-state index is 0. The number of amides is 1. The number of aryl methyl sites for hydroxylation is 1. The molecule has 1 heterocycles. The van der Waals surface area contributed by atoms with Gasteiger partial charge in [-0.15, -0.1) is 0 Å². The van der Waals surface area contributed by atoms with Gasteiger partial charge in [-0.2, -0.15) is 0 Å². The number of carbonyl (C=O) groups is 1. The van der Waals surface area contributed by atoms with Crippen LogP contribution in [0.25, 0.3) is 11.0 Å². The molecule has 0 atom stereocenters. The number of fused-ring (bicyclic) bond motifs is 1. The van der Waals surface area contributed by atoms with Crippen LogP contribution >= 0.6 is 11.6 Å². The average Bonchev–Trinajstić information content (AvgIpc) is 2.85. The summed E-state index contributed by atoms with van der Waals surface area (Å²) < 4.78 is 9.17. The van der Waals surface area contributed by atoms with Gasteiger partial charge < -0.3 is 32.0 Å². The number of carbonyl (C=O) groups excluding carboxylic acids is 1. The van der Waals surface area contributed by atoms with E-state index in [-0.39, 0.29) is 24.6 Å². The van der Waals surface area contributed by atoms with E-state index in [0.29, 0.717) is 30.3 Å². The molecule has 0 aliphatic carbocycles. The van der Waals surface area contributed by atoms with Crippen LogP contribution in [0.3, 0.4) is 0 Å². The normalized spacial score (nSPS) is 10.5. The predicted molar refractivity (Wildman–Crippen MR) is 96.5 cm³/mol. The van der Waals surface area contributed by atoms with E-state index in [2.05, 4.69) is 0 Å². The van der Waals surface area contributed by atoms with E-state index >= 15 is 0 Å². The lowest BCUT2D eigenvalue weighted by Crippen LogP contribution is -3.00. The Morgan fingerprint density at radius 3 is 2.35 bits per heavy atom. The van der Waals surface area contributed by atoms with Crippen molar-refractivity contribution in [3.63, 3.8) is 0 Å².